The van der Waals surface area contributed by atoms with Crippen molar-refractivity contribution in [2.24, 2.45) is 4.99 Å². The van der Waals surface area contributed by atoms with Crippen LogP contribution in [0.15, 0.2) is 46.9 Å². The van der Waals surface area contributed by atoms with E-state index in [2.05, 4.69) is 45.8 Å². The third kappa shape index (κ3) is 7.77. The van der Waals surface area contributed by atoms with Gasteiger partial charge < -0.3 is 15.5 Å². The number of hydrogen-bond donors (Lipinski definition) is 2. The molecule has 3 aromatic heterocycles. The Kier molecular flexibility index (Phi) is 11.4. The minimum Gasteiger partial charge on any atom is -0.329 e. The second-order valence-electron chi connectivity index (χ2n) is 14.3. The van der Waals surface area contributed by atoms with Crippen molar-refractivity contribution in [1.82, 2.24) is 30.3 Å². The third-order valence-corrected chi connectivity index (χ3v) is 13.1. The molecule has 1 fully saturated rings. The number of amides is 2. The van der Waals surface area contributed by atoms with Crippen molar-refractivity contribution in [3.05, 3.63) is 96.2 Å². The van der Waals surface area contributed by atoms with Crippen LogP contribution in [0.25, 0.3) is 5.00 Å². The average molecular weight is 786 g/mol. The van der Waals surface area contributed by atoms with Crippen LogP contribution in [0.3, 0.4) is 0 Å². The summed E-state index contributed by atoms with van der Waals surface area (Å²) in [6, 6.07) is 6.72. The van der Waals surface area contributed by atoms with Crippen molar-refractivity contribution in [2.45, 2.75) is 97.2 Å². The monoisotopic (exact) mass is 785 g/mol. The summed E-state index contributed by atoms with van der Waals surface area (Å²) in [6.45, 7) is 11.4. The molecule has 0 spiro atoms. The van der Waals surface area contributed by atoms with Gasteiger partial charge in [0.2, 0.25) is 5.91 Å². The molecule has 0 radical (unpaired) electrons. The molecule has 1 saturated heterocycles. The largest absolute Gasteiger partial charge is 0.329 e. The van der Waals surface area contributed by atoms with Gasteiger partial charge in [-0.2, -0.15) is 0 Å². The van der Waals surface area contributed by atoms with E-state index in [1.165, 1.54) is 16.2 Å². The topological polar surface area (TPSA) is 139 Å². The summed E-state index contributed by atoms with van der Waals surface area (Å²) < 4.78 is 2.07. The van der Waals surface area contributed by atoms with E-state index in [-0.39, 0.29) is 36.3 Å². The predicted molar refractivity (Wildman–Crippen MR) is 212 cm³/mol. The first kappa shape index (κ1) is 38.0. The second kappa shape index (κ2) is 16.2. The first-order valence-electron chi connectivity index (χ1n) is 18.5. The number of rotatable bonds is 15. The van der Waals surface area contributed by atoms with E-state index in [9.17, 15) is 19.2 Å². The fourth-order valence-corrected chi connectivity index (χ4v) is 9.84. The highest BCUT2D eigenvalue weighted by Crippen LogP contribution is 2.40. The van der Waals surface area contributed by atoms with E-state index in [4.69, 9.17) is 16.6 Å². The zero-order valence-electron chi connectivity index (χ0n) is 30.8. The van der Waals surface area contributed by atoms with Crippen molar-refractivity contribution < 1.29 is 19.2 Å². The fourth-order valence-electron chi connectivity index (χ4n) is 7.46. The molecule has 0 aliphatic carbocycles. The number of aliphatic imine (C=N–C) groups is 1. The highest BCUT2D eigenvalue weighted by molar-refractivity contribution is 7.15. The van der Waals surface area contributed by atoms with Crippen molar-refractivity contribution in [3.63, 3.8) is 0 Å². The number of fused-ring (bicyclic) bond motifs is 4. The van der Waals surface area contributed by atoms with Gasteiger partial charge in [0.15, 0.2) is 5.82 Å². The number of ketones is 2. The lowest BCUT2D eigenvalue weighted by molar-refractivity contribution is -0.126. The molecule has 1 aromatic carbocycles. The van der Waals surface area contributed by atoms with Crippen LogP contribution in [0.2, 0.25) is 5.02 Å². The van der Waals surface area contributed by atoms with Crippen LogP contribution >= 0.6 is 34.3 Å². The summed E-state index contributed by atoms with van der Waals surface area (Å²) in [6.07, 6.45) is 5.34. The average Bonchev–Trinajstić information content (AvgIpc) is 3.87. The Morgan fingerprint density at radius 2 is 1.85 bits per heavy atom. The Balaban J connectivity index is 0.862. The molecule has 1 unspecified atom stereocenters. The van der Waals surface area contributed by atoms with Crippen LogP contribution in [-0.4, -0.2) is 67.9 Å². The number of nitrogens with one attached hydrogen (secondary N) is 2. The maximum Gasteiger partial charge on any atom is 0.256 e. The first-order chi connectivity index (χ1) is 26.0. The van der Waals surface area contributed by atoms with Crippen molar-refractivity contribution in [2.75, 3.05) is 13.1 Å². The number of piperidine rings is 1. The Bertz CT molecular complexity index is 2170. The lowest BCUT2D eigenvalue weighted by atomic mass is 9.99. The molecular formula is C40H44ClN7O4S2. The van der Waals surface area contributed by atoms with Gasteiger partial charge in [-0.1, -0.05) is 36.7 Å². The van der Waals surface area contributed by atoms with Crippen LogP contribution in [0.1, 0.15) is 111 Å². The number of aromatic nitrogens is 3. The third-order valence-electron chi connectivity index (χ3n) is 10.5. The molecule has 0 saturated carbocycles. The Labute approximate surface area is 327 Å². The maximum atomic E-state index is 13.4. The SMILES string of the molecule is C=C1CCC(N2Cc3c(csc3CCC(=O)CNCCCCCC(=O)C[C@@H]3N=C(c4ccc(Cl)cc4)c4c(sc(C)c4C)-n4c(C)nnc43)C2=O)C(=O)N1. The molecule has 282 valence electrons. The highest BCUT2D eigenvalue weighted by atomic mass is 35.5. The van der Waals surface area contributed by atoms with Gasteiger partial charge in [-0.25, -0.2) is 0 Å². The minimum atomic E-state index is -0.488. The number of nitrogens with zero attached hydrogens (tertiary/aromatic N) is 5. The normalized spacial score (nSPS) is 17.9. The number of hydrogen-bond acceptors (Lipinski definition) is 10. The molecule has 54 heavy (non-hydrogen) atoms. The number of aryl methyl sites for hydroxylation is 3. The molecule has 0 bridgehead atoms. The molecule has 6 heterocycles. The lowest BCUT2D eigenvalue weighted by Gasteiger charge is -2.31. The van der Waals surface area contributed by atoms with Gasteiger partial charge in [0.25, 0.3) is 5.91 Å². The van der Waals surface area contributed by atoms with Crippen LogP contribution in [0, 0.1) is 20.8 Å². The summed E-state index contributed by atoms with van der Waals surface area (Å²) in [7, 11) is 0. The number of unbranched alkanes of at least 4 members (excludes halogenated alkanes) is 2. The van der Waals surface area contributed by atoms with Gasteiger partial charge in [-0.05, 0) is 82.7 Å². The fraction of sp³-hybridized carbons (Fsp3) is 0.425. The molecule has 14 heteroatoms. The van der Waals surface area contributed by atoms with Gasteiger partial charge in [-0.15, -0.1) is 32.9 Å². The number of carbonyl (C=O) groups is 4. The summed E-state index contributed by atoms with van der Waals surface area (Å²) in [4.78, 5) is 60.7. The van der Waals surface area contributed by atoms with Gasteiger partial charge in [-0.3, -0.25) is 28.7 Å². The molecule has 2 N–H and O–H groups in total. The van der Waals surface area contributed by atoms with Crippen LogP contribution in [0.4, 0.5) is 0 Å². The van der Waals surface area contributed by atoms with Gasteiger partial charge in [0.1, 0.15) is 34.5 Å². The molecule has 4 aromatic rings. The Hall–Kier alpha value is -4.30. The van der Waals surface area contributed by atoms with Gasteiger partial charge in [0, 0.05) is 62.8 Å². The number of thiophene rings is 2. The Morgan fingerprint density at radius 1 is 1.06 bits per heavy atom. The van der Waals surface area contributed by atoms with Crippen LogP contribution in [-0.2, 0) is 27.3 Å². The zero-order chi connectivity index (χ0) is 38.1. The highest BCUT2D eigenvalue weighted by Gasteiger charge is 2.40. The second-order valence-corrected chi connectivity index (χ2v) is 16.9. The number of carbonyl (C=O) groups excluding carboxylic acids is 4. The van der Waals surface area contributed by atoms with E-state index >= 15 is 0 Å². The molecule has 2 atom stereocenters. The van der Waals surface area contributed by atoms with Gasteiger partial charge >= 0.3 is 0 Å². The summed E-state index contributed by atoms with van der Waals surface area (Å²) in [5, 5.41) is 18.5. The molecular weight excluding hydrogens is 742 g/mol. The number of allylic oxidation sites excluding steroid dienone is 1. The van der Waals surface area contributed by atoms with E-state index in [1.807, 2.05) is 36.6 Å². The van der Waals surface area contributed by atoms with Gasteiger partial charge in [0.05, 0.1) is 17.8 Å². The van der Waals surface area contributed by atoms with Crippen molar-refractivity contribution in [3.8, 4) is 5.00 Å². The van der Waals surface area contributed by atoms with E-state index in [0.717, 1.165) is 62.9 Å². The maximum absolute atomic E-state index is 13.4. The predicted octanol–water partition coefficient (Wildman–Crippen LogP) is 6.92. The quantitative estimate of drug-likeness (QED) is 0.125. The van der Waals surface area contributed by atoms with Crippen molar-refractivity contribution >= 4 is 63.4 Å². The van der Waals surface area contributed by atoms with Crippen molar-refractivity contribution in [1.29, 1.82) is 0 Å². The summed E-state index contributed by atoms with van der Waals surface area (Å²) in [5.41, 5.74) is 6.27. The summed E-state index contributed by atoms with van der Waals surface area (Å²) >= 11 is 9.43. The molecule has 3 aliphatic rings. The standard InChI is InChI=1S/C40H44ClN7O4S2/c1-22-9-15-33(38(51)43-22)47-20-30-31(39(47)52)21-53-34(30)16-14-29(50)19-42-17-7-5-6-8-28(49)18-32-37-46-45-25(4)48(37)40-35(23(2)24(3)54-40)36(44-32)26-10-12-27(41)13-11-26/h10-13,21,32-33,42H,1,5-9,14-20H2,2-4H3,(H,43,51)/t32-,33?/m0/s1. The molecule has 7 rings (SSSR count). The smallest absolute Gasteiger partial charge is 0.256 e. The number of benzene rings is 1. The zero-order valence-corrected chi connectivity index (χ0v) is 33.2. The Morgan fingerprint density at radius 3 is 2.63 bits per heavy atom. The van der Waals surface area contributed by atoms with Crippen LogP contribution in [0.5, 0.6) is 0 Å². The summed E-state index contributed by atoms with van der Waals surface area (Å²) in [5.74, 6) is 1.40. The molecule has 11 nitrogen and oxygen atoms in total. The lowest BCUT2D eigenvalue weighted by Crippen LogP contribution is -2.49. The molecule has 3 aliphatic heterocycles. The van der Waals surface area contributed by atoms with E-state index in [1.54, 1.807) is 16.2 Å². The number of halogens is 1. The minimum absolute atomic E-state index is 0.113. The first-order valence-corrected chi connectivity index (χ1v) is 20.6. The van der Waals surface area contributed by atoms with Crippen LogP contribution < -0.4 is 10.6 Å². The van der Waals surface area contributed by atoms with E-state index < -0.39 is 12.1 Å². The molecule has 2 amide bonds. The number of Topliss-reactive ketones (excluding diaryl/α,β-unsaturated/α-hetero) is 2. The van der Waals surface area contributed by atoms with E-state index in [0.29, 0.717) is 67.3 Å².